The molecule has 1 aromatic heterocycles. The van der Waals surface area contributed by atoms with Gasteiger partial charge >= 0.3 is 0 Å². The number of benzene rings is 1. The fourth-order valence-corrected chi connectivity index (χ4v) is 5.53. The van der Waals surface area contributed by atoms with E-state index in [-0.39, 0.29) is 11.8 Å². The lowest BCUT2D eigenvalue weighted by Crippen LogP contribution is -2.52. The van der Waals surface area contributed by atoms with Gasteiger partial charge in [-0.1, -0.05) is 0 Å². The SMILES string of the molecule is CCS(=O)(=O)NC1[C@@H]2CC[C@H]1CN(Cc1nccn1-c1ccc(OC)cc1)C2. The molecule has 1 aliphatic carbocycles. The van der Waals surface area contributed by atoms with Crippen LogP contribution in [0, 0.1) is 11.8 Å². The average Bonchev–Trinajstić information content (AvgIpc) is 3.23. The van der Waals surface area contributed by atoms with Crippen LogP contribution in [0.2, 0.25) is 0 Å². The molecule has 8 heteroatoms. The van der Waals surface area contributed by atoms with Gasteiger partial charge in [-0.15, -0.1) is 0 Å². The summed E-state index contributed by atoms with van der Waals surface area (Å²) in [4.78, 5) is 6.99. The van der Waals surface area contributed by atoms with Crippen LogP contribution in [0.3, 0.4) is 0 Å². The standard InChI is InChI=1S/C20H28N4O3S/c1-3-28(25,26)22-20-15-4-5-16(20)13-23(12-15)14-19-21-10-11-24(19)17-6-8-18(27-2)9-7-17/h6-11,15-16,20,22H,3-5,12-14H2,1-2H3/t15-,16+,20?. The highest BCUT2D eigenvalue weighted by Crippen LogP contribution is 2.37. The smallest absolute Gasteiger partial charge is 0.211 e. The normalized spacial score (nSPS) is 25.1. The number of nitrogens with one attached hydrogen (secondary N) is 1. The van der Waals surface area contributed by atoms with Crippen molar-refractivity contribution in [3.05, 3.63) is 42.5 Å². The summed E-state index contributed by atoms with van der Waals surface area (Å²) in [7, 11) is -1.49. The van der Waals surface area contributed by atoms with Gasteiger partial charge in [-0.2, -0.15) is 0 Å². The van der Waals surface area contributed by atoms with Crippen LogP contribution < -0.4 is 9.46 Å². The number of piperidine rings is 1. The molecule has 2 aromatic rings. The molecule has 1 saturated carbocycles. The number of hydrogen-bond acceptors (Lipinski definition) is 5. The lowest BCUT2D eigenvalue weighted by molar-refractivity contribution is 0.130. The van der Waals surface area contributed by atoms with Crippen LogP contribution in [0.5, 0.6) is 5.75 Å². The molecular weight excluding hydrogens is 376 g/mol. The molecule has 0 spiro atoms. The number of imidazole rings is 1. The Morgan fingerprint density at radius 3 is 2.46 bits per heavy atom. The Bertz CT molecular complexity index is 896. The van der Waals surface area contributed by atoms with E-state index in [0.717, 1.165) is 49.7 Å². The summed E-state index contributed by atoms with van der Waals surface area (Å²) in [5.41, 5.74) is 1.06. The molecule has 1 unspecified atom stereocenters. The van der Waals surface area contributed by atoms with Crippen molar-refractivity contribution in [2.24, 2.45) is 11.8 Å². The van der Waals surface area contributed by atoms with E-state index in [9.17, 15) is 8.42 Å². The lowest BCUT2D eigenvalue weighted by Gasteiger charge is -2.38. The number of nitrogens with zero attached hydrogens (tertiary/aromatic N) is 3. The Balaban J connectivity index is 1.45. The van der Waals surface area contributed by atoms with Crippen molar-refractivity contribution < 1.29 is 13.2 Å². The van der Waals surface area contributed by atoms with Crippen molar-refractivity contribution in [1.29, 1.82) is 0 Å². The molecule has 1 N–H and O–H groups in total. The van der Waals surface area contributed by atoms with Gasteiger partial charge in [-0.25, -0.2) is 18.1 Å². The summed E-state index contributed by atoms with van der Waals surface area (Å²) >= 11 is 0. The zero-order valence-corrected chi connectivity index (χ0v) is 17.2. The largest absolute Gasteiger partial charge is 0.497 e. The molecule has 0 amide bonds. The van der Waals surface area contributed by atoms with E-state index in [1.807, 2.05) is 36.7 Å². The number of methoxy groups -OCH3 is 1. The molecule has 0 radical (unpaired) electrons. The Hall–Kier alpha value is -1.90. The maximum Gasteiger partial charge on any atom is 0.211 e. The fraction of sp³-hybridized carbons (Fsp3) is 0.550. The van der Waals surface area contributed by atoms with Crippen molar-refractivity contribution in [3.8, 4) is 11.4 Å². The molecule has 3 atom stereocenters. The topological polar surface area (TPSA) is 76.5 Å². The highest BCUT2D eigenvalue weighted by atomic mass is 32.2. The molecule has 2 fully saturated rings. The second-order valence-electron chi connectivity index (χ2n) is 7.75. The molecule has 7 nitrogen and oxygen atoms in total. The molecule has 28 heavy (non-hydrogen) atoms. The van der Waals surface area contributed by atoms with Crippen molar-refractivity contribution in [2.45, 2.75) is 32.4 Å². The third-order valence-electron chi connectivity index (χ3n) is 6.04. The quantitative estimate of drug-likeness (QED) is 0.764. The highest BCUT2D eigenvalue weighted by Gasteiger charge is 2.43. The van der Waals surface area contributed by atoms with Crippen LogP contribution in [0.25, 0.3) is 5.69 Å². The number of likely N-dealkylation sites (tertiary alicyclic amines) is 1. The van der Waals surface area contributed by atoms with Crippen molar-refractivity contribution >= 4 is 10.0 Å². The number of fused-ring (bicyclic) bond motifs is 2. The first-order valence-corrected chi connectivity index (χ1v) is 11.5. The molecule has 152 valence electrons. The molecule has 1 saturated heterocycles. The van der Waals surface area contributed by atoms with Gasteiger partial charge in [0.15, 0.2) is 0 Å². The third-order valence-corrected chi connectivity index (χ3v) is 7.43. The van der Waals surface area contributed by atoms with Gasteiger partial charge in [0.25, 0.3) is 0 Å². The summed E-state index contributed by atoms with van der Waals surface area (Å²) < 4.78 is 34.3. The van der Waals surface area contributed by atoms with Crippen molar-refractivity contribution in [3.63, 3.8) is 0 Å². The first-order valence-electron chi connectivity index (χ1n) is 9.88. The van der Waals surface area contributed by atoms with E-state index in [1.54, 1.807) is 14.0 Å². The Morgan fingerprint density at radius 1 is 1.18 bits per heavy atom. The fourth-order valence-electron chi connectivity index (χ4n) is 4.56. The van der Waals surface area contributed by atoms with Crippen LogP contribution in [0.15, 0.2) is 36.7 Å². The maximum absolute atomic E-state index is 12.0. The van der Waals surface area contributed by atoms with Gasteiger partial charge in [-0.05, 0) is 55.9 Å². The van der Waals surface area contributed by atoms with Gasteiger partial charge in [-0.3, -0.25) is 4.90 Å². The zero-order valence-electron chi connectivity index (χ0n) is 16.4. The highest BCUT2D eigenvalue weighted by molar-refractivity contribution is 7.89. The molecule has 2 bridgehead atoms. The van der Waals surface area contributed by atoms with Gasteiger partial charge in [0, 0.05) is 37.2 Å². The van der Waals surface area contributed by atoms with Crippen LogP contribution in [0.1, 0.15) is 25.6 Å². The second kappa shape index (κ2) is 7.85. The zero-order chi connectivity index (χ0) is 19.7. The van der Waals surface area contributed by atoms with Crippen molar-refractivity contribution in [1.82, 2.24) is 19.2 Å². The van der Waals surface area contributed by atoms with Crippen molar-refractivity contribution in [2.75, 3.05) is 26.0 Å². The number of rotatable bonds is 7. The average molecular weight is 405 g/mol. The number of ether oxygens (including phenoxy) is 1. The first-order chi connectivity index (χ1) is 13.5. The number of sulfonamides is 1. The predicted molar refractivity (Wildman–Crippen MR) is 108 cm³/mol. The van der Waals surface area contributed by atoms with Gasteiger partial charge in [0.1, 0.15) is 11.6 Å². The molecule has 1 aliphatic heterocycles. The number of hydrogen-bond donors (Lipinski definition) is 1. The maximum atomic E-state index is 12.0. The van der Waals surface area contributed by atoms with E-state index >= 15 is 0 Å². The number of aromatic nitrogens is 2. The molecule has 1 aromatic carbocycles. The second-order valence-corrected chi connectivity index (χ2v) is 9.79. The van der Waals surface area contributed by atoms with Gasteiger partial charge < -0.3 is 9.30 Å². The van der Waals surface area contributed by atoms with Gasteiger partial charge in [0.2, 0.25) is 10.0 Å². The summed E-state index contributed by atoms with van der Waals surface area (Å²) in [6.07, 6.45) is 5.99. The Kier molecular flexibility index (Phi) is 5.44. The minimum Gasteiger partial charge on any atom is -0.497 e. The van der Waals surface area contributed by atoms with E-state index in [1.165, 1.54) is 0 Å². The van der Waals surface area contributed by atoms with E-state index in [4.69, 9.17) is 4.74 Å². The Labute approximate surface area is 166 Å². The van der Waals surface area contributed by atoms with Crippen LogP contribution in [0.4, 0.5) is 0 Å². The summed E-state index contributed by atoms with van der Waals surface area (Å²) in [6, 6.07) is 8.04. The minimum atomic E-state index is -3.16. The minimum absolute atomic E-state index is 0.0857. The Morgan fingerprint density at radius 2 is 1.86 bits per heavy atom. The summed E-state index contributed by atoms with van der Waals surface area (Å²) in [6.45, 7) is 4.27. The van der Waals surface area contributed by atoms with E-state index in [2.05, 4.69) is 19.2 Å². The molecule has 2 aliphatic rings. The van der Waals surface area contributed by atoms with Crippen LogP contribution in [-0.2, 0) is 16.6 Å². The predicted octanol–water partition coefficient (Wildman–Crippen LogP) is 2.03. The first kappa shape index (κ1) is 19.4. The summed E-state index contributed by atoms with van der Waals surface area (Å²) in [5.74, 6) is 2.73. The monoisotopic (exact) mass is 404 g/mol. The molecule has 4 rings (SSSR count). The van der Waals surface area contributed by atoms with Crippen LogP contribution in [-0.4, -0.2) is 54.9 Å². The molecular formula is C20H28N4O3S. The lowest BCUT2D eigenvalue weighted by atomic mass is 9.93. The van der Waals surface area contributed by atoms with E-state index < -0.39 is 10.0 Å². The van der Waals surface area contributed by atoms with Crippen LogP contribution >= 0.6 is 0 Å². The third kappa shape index (κ3) is 3.94. The molecule has 2 heterocycles. The van der Waals surface area contributed by atoms with Gasteiger partial charge in [0.05, 0.1) is 19.4 Å². The van der Waals surface area contributed by atoms with E-state index in [0.29, 0.717) is 11.8 Å². The summed E-state index contributed by atoms with van der Waals surface area (Å²) in [5, 5.41) is 0.